The molecular weight excluding hydrogens is 356 g/mol. The highest BCUT2D eigenvalue weighted by Gasteiger charge is 2.31. The van der Waals surface area contributed by atoms with Crippen LogP contribution >= 0.6 is 0 Å². The molecule has 0 radical (unpaired) electrons. The quantitative estimate of drug-likeness (QED) is 0.701. The fourth-order valence-corrected chi connectivity index (χ4v) is 4.65. The number of hydrogen-bond donors (Lipinski definition) is 2. The molecule has 1 saturated heterocycles. The van der Waals surface area contributed by atoms with Gasteiger partial charge in [0, 0.05) is 17.4 Å². The van der Waals surface area contributed by atoms with E-state index in [1.54, 1.807) is 41.1 Å². The van der Waals surface area contributed by atoms with Crippen LogP contribution in [0.25, 0.3) is 0 Å². The Hall–Kier alpha value is -1.97. The number of carbonyl (C=O) groups is 2. The summed E-state index contributed by atoms with van der Waals surface area (Å²) < 4.78 is 23.1. The lowest BCUT2D eigenvalue weighted by Gasteiger charge is -2.22. The van der Waals surface area contributed by atoms with E-state index in [9.17, 15) is 18.0 Å². The molecule has 0 spiro atoms. The number of nitrogens with zero attached hydrogens (tertiary/aromatic N) is 2. The number of rotatable bonds is 7. The van der Waals surface area contributed by atoms with Crippen molar-refractivity contribution < 1.29 is 18.0 Å². The first-order valence-electron chi connectivity index (χ1n) is 8.40. The van der Waals surface area contributed by atoms with Gasteiger partial charge in [-0.3, -0.25) is 14.5 Å². The van der Waals surface area contributed by atoms with E-state index in [0.29, 0.717) is 17.8 Å². The van der Waals surface area contributed by atoms with Crippen molar-refractivity contribution in [3.63, 3.8) is 0 Å². The fourth-order valence-electron chi connectivity index (χ4n) is 2.84. The molecule has 1 aromatic rings. The van der Waals surface area contributed by atoms with Crippen LogP contribution in [0, 0.1) is 0 Å². The SMILES string of the molecule is CN(C)CC(=O)Nc1cccc(NC(=O)CN(C)C2CCS(=O)(=O)C2)c1. The predicted octanol–water partition coefficient (Wildman–Crippen LogP) is 0.244. The molecule has 1 atom stereocenters. The van der Waals surface area contributed by atoms with Gasteiger partial charge < -0.3 is 15.5 Å². The molecule has 1 aliphatic heterocycles. The number of nitrogens with one attached hydrogen (secondary N) is 2. The smallest absolute Gasteiger partial charge is 0.238 e. The first-order chi connectivity index (χ1) is 12.1. The number of sulfone groups is 1. The fraction of sp³-hybridized carbons (Fsp3) is 0.529. The minimum atomic E-state index is -2.98. The topological polar surface area (TPSA) is 98.8 Å². The highest BCUT2D eigenvalue weighted by Crippen LogP contribution is 2.17. The largest absolute Gasteiger partial charge is 0.325 e. The van der Waals surface area contributed by atoms with Crippen molar-refractivity contribution in [2.45, 2.75) is 12.5 Å². The zero-order valence-corrected chi connectivity index (χ0v) is 16.2. The average molecular weight is 382 g/mol. The van der Waals surface area contributed by atoms with Crippen LogP contribution in [-0.2, 0) is 19.4 Å². The van der Waals surface area contributed by atoms with E-state index in [1.807, 2.05) is 14.1 Å². The van der Waals surface area contributed by atoms with Crippen LogP contribution in [0.3, 0.4) is 0 Å². The summed E-state index contributed by atoms with van der Waals surface area (Å²) in [7, 11) is 2.39. The van der Waals surface area contributed by atoms with E-state index >= 15 is 0 Å². The van der Waals surface area contributed by atoms with E-state index in [2.05, 4.69) is 10.6 Å². The normalized spacial score (nSPS) is 18.9. The van der Waals surface area contributed by atoms with Gasteiger partial charge in [-0.15, -0.1) is 0 Å². The van der Waals surface area contributed by atoms with E-state index in [1.165, 1.54) is 0 Å². The van der Waals surface area contributed by atoms with E-state index in [4.69, 9.17) is 0 Å². The van der Waals surface area contributed by atoms with Crippen LogP contribution in [0.2, 0.25) is 0 Å². The lowest BCUT2D eigenvalue weighted by Crippen LogP contribution is -2.38. The van der Waals surface area contributed by atoms with Crippen molar-refractivity contribution in [1.82, 2.24) is 9.80 Å². The van der Waals surface area contributed by atoms with Crippen molar-refractivity contribution in [3.05, 3.63) is 24.3 Å². The average Bonchev–Trinajstić information content (AvgIpc) is 2.86. The molecule has 1 unspecified atom stereocenters. The van der Waals surface area contributed by atoms with Gasteiger partial charge in [0.05, 0.1) is 24.6 Å². The molecule has 0 aliphatic carbocycles. The number of likely N-dealkylation sites (N-methyl/N-ethyl adjacent to an activating group) is 2. The van der Waals surface area contributed by atoms with Crippen molar-refractivity contribution >= 4 is 33.0 Å². The molecule has 0 bridgehead atoms. The van der Waals surface area contributed by atoms with Gasteiger partial charge in [0.15, 0.2) is 9.84 Å². The van der Waals surface area contributed by atoms with Crippen molar-refractivity contribution in [3.8, 4) is 0 Å². The maximum atomic E-state index is 12.2. The zero-order valence-electron chi connectivity index (χ0n) is 15.4. The Bertz CT molecular complexity index is 764. The molecule has 0 aromatic heterocycles. The van der Waals surface area contributed by atoms with Crippen molar-refractivity contribution in [2.24, 2.45) is 0 Å². The van der Waals surface area contributed by atoms with Crippen LogP contribution < -0.4 is 10.6 Å². The molecule has 9 heteroatoms. The minimum Gasteiger partial charge on any atom is -0.325 e. The van der Waals surface area contributed by atoms with Gasteiger partial charge in [0.2, 0.25) is 11.8 Å². The third-order valence-corrected chi connectivity index (χ3v) is 5.87. The summed E-state index contributed by atoms with van der Waals surface area (Å²) in [6, 6.07) is 6.79. The van der Waals surface area contributed by atoms with Gasteiger partial charge in [-0.05, 0) is 45.8 Å². The highest BCUT2D eigenvalue weighted by atomic mass is 32.2. The van der Waals surface area contributed by atoms with Gasteiger partial charge in [-0.25, -0.2) is 8.42 Å². The molecule has 2 amide bonds. The minimum absolute atomic E-state index is 0.101. The van der Waals surface area contributed by atoms with Crippen molar-refractivity contribution in [2.75, 3.05) is 56.4 Å². The summed E-state index contributed by atoms with van der Waals surface area (Å²) in [5.74, 6) is -0.0862. The monoisotopic (exact) mass is 382 g/mol. The summed E-state index contributed by atoms with van der Waals surface area (Å²) in [5, 5.41) is 5.55. The number of hydrogen-bond acceptors (Lipinski definition) is 6. The van der Waals surface area contributed by atoms with Gasteiger partial charge >= 0.3 is 0 Å². The van der Waals surface area contributed by atoms with Crippen LogP contribution in [0.1, 0.15) is 6.42 Å². The Morgan fingerprint density at radius 3 is 2.15 bits per heavy atom. The third kappa shape index (κ3) is 6.40. The van der Waals surface area contributed by atoms with Crippen LogP contribution in [-0.4, -0.2) is 81.8 Å². The molecule has 1 aliphatic rings. The van der Waals surface area contributed by atoms with Gasteiger partial charge in [0.1, 0.15) is 0 Å². The second-order valence-corrected chi connectivity index (χ2v) is 9.12. The Morgan fingerprint density at radius 2 is 1.65 bits per heavy atom. The molecule has 1 aromatic carbocycles. The summed E-state index contributed by atoms with van der Waals surface area (Å²) in [4.78, 5) is 27.6. The molecule has 26 heavy (non-hydrogen) atoms. The Kier molecular flexibility index (Phi) is 6.74. The zero-order chi connectivity index (χ0) is 19.3. The number of carbonyl (C=O) groups excluding carboxylic acids is 2. The third-order valence-electron chi connectivity index (χ3n) is 4.11. The highest BCUT2D eigenvalue weighted by molar-refractivity contribution is 7.91. The molecule has 2 rings (SSSR count). The maximum absolute atomic E-state index is 12.2. The van der Waals surface area contributed by atoms with E-state index in [-0.39, 0.29) is 42.5 Å². The molecule has 0 saturated carbocycles. The summed E-state index contributed by atoms with van der Waals surface area (Å²) in [5.41, 5.74) is 1.18. The van der Waals surface area contributed by atoms with Gasteiger partial charge in [-0.2, -0.15) is 0 Å². The van der Waals surface area contributed by atoms with Crippen LogP contribution in [0.5, 0.6) is 0 Å². The summed E-state index contributed by atoms with van der Waals surface area (Å²) in [6.45, 7) is 0.378. The van der Waals surface area contributed by atoms with Crippen molar-refractivity contribution in [1.29, 1.82) is 0 Å². The number of anilines is 2. The number of benzene rings is 1. The predicted molar refractivity (Wildman–Crippen MR) is 102 cm³/mol. The Morgan fingerprint density at radius 1 is 1.08 bits per heavy atom. The molecule has 2 N–H and O–H groups in total. The second kappa shape index (κ2) is 8.61. The first-order valence-corrected chi connectivity index (χ1v) is 10.2. The molecule has 1 fully saturated rings. The maximum Gasteiger partial charge on any atom is 0.238 e. The first kappa shape index (κ1) is 20.3. The molecule has 1 heterocycles. The number of amides is 2. The molecule has 144 valence electrons. The molecular formula is C17H26N4O4S. The Labute approximate surface area is 154 Å². The standard InChI is InChI=1S/C17H26N4O4S/c1-20(2)10-16(22)18-13-5-4-6-14(9-13)19-17(23)11-21(3)15-7-8-26(24,25)12-15/h4-6,9,15H,7-8,10-12H2,1-3H3,(H,18,22)(H,19,23). The van der Waals surface area contributed by atoms with Gasteiger partial charge in [-0.1, -0.05) is 6.07 Å². The van der Waals surface area contributed by atoms with E-state index in [0.717, 1.165) is 0 Å². The van der Waals surface area contributed by atoms with E-state index < -0.39 is 9.84 Å². The Balaban J connectivity index is 1.88. The van der Waals surface area contributed by atoms with Gasteiger partial charge in [0.25, 0.3) is 0 Å². The summed E-state index contributed by atoms with van der Waals surface area (Å²) >= 11 is 0. The van der Waals surface area contributed by atoms with Crippen LogP contribution in [0.4, 0.5) is 11.4 Å². The summed E-state index contributed by atoms with van der Waals surface area (Å²) in [6.07, 6.45) is 0.555. The second-order valence-electron chi connectivity index (χ2n) is 6.89. The molecule has 8 nitrogen and oxygen atoms in total. The lowest BCUT2D eigenvalue weighted by molar-refractivity contribution is -0.117. The van der Waals surface area contributed by atoms with Crippen LogP contribution in [0.15, 0.2) is 24.3 Å². The lowest BCUT2D eigenvalue weighted by atomic mass is 10.2.